The smallest absolute Gasteiger partial charge is 0.242 e. The molecule has 0 unspecified atom stereocenters. The Bertz CT molecular complexity index is 1460. The third-order valence-corrected chi connectivity index (χ3v) is 6.67. The molecule has 0 fully saturated rings. The molecule has 5 nitrogen and oxygen atoms in total. The first kappa shape index (κ1) is 17.6. The van der Waals surface area contributed by atoms with E-state index < -0.39 is 10.0 Å². The van der Waals surface area contributed by atoms with E-state index in [-0.39, 0.29) is 4.90 Å². The van der Waals surface area contributed by atoms with E-state index in [4.69, 9.17) is 9.97 Å². The fourth-order valence-electron chi connectivity index (χ4n) is 3.61. The van der Waals surface area contributed by atoms with Gasteiger partial charge < -0.3 is 0 Å². The zero-order valence-electron chi connectivity index (χ0n) is 15.6. The molecule has 6 heteroatoms. The van der Waals surface area contributed by atoms with Crippen molar-refractivity contribution in [3.63, 3.8) is 0 Å². The number of fused-ring (bicyclic) bond motifs is 3. The highest BCUT2D eigenvalue weighted by Gasteiger charge is 2.25. The molecule has 0 saturated carbocycles. The molecule has 0 N–H and O–H groups in total. The summed E-state index contributed by atoms with van der Waals surface area (Å²) in [6.07, 6.45) is 0. The molecule has 2 aromatic heterocycles. The highest BCUT2D eigenvalue weighted by molar-refractivity contribution is 7.90. The minimum absolute atomic E-state index is 0.217. The molecular formula is C23H17N3O2S. The normalized spacial score (nSPS) is 11.9. The van der Waals surface area contributed by atoms with Gasteiger partial charge in [0.25, 0.3) is 10.0 Å². The van der Waals surface area contributed by atoms with Crippen LogP contribution in [0.5, 0.6) is 0 Å². The molecule has 0 aliphatic heterocycles. The molecule has 0 aliphatic rings. The second-order valence-electron chi connectivity index (χ2n) is 6.80. The Balaban J connectivity index is 1.89. The molecule has 5 rings (SSSR count). The topological polar surface area (TPSA) is 64.8 Å². The van der Waals surface area contributed by atoms with Gasteiger partial charge in [0.1, 0.15) is 5.52 Å². The van der Waals surface area contributed by atoms with Gasteiger partial charge in [-0.15, -0.1) is 0 Å². The van der Waals surface area contributed by atoms with Crippen molar-refractivity contribution in [1.82, 2.24) is 13.9 Å². The maximum Gasteiger partial charge on any atom is 0.269 e. The molecule has 0 atom stereocenters. The predicted molar refractivity (Wildman–Crippen MR) is 114 cm³/mol. The molecule has 5 aromatic rings. The summed E-state index contributed by atoms with van der Waals surface area (Å²) in [5, 5.41) is 0.756. The fraction of sp³-hybridized carbons (Fsp3) is 0.0435. The number of para-hydroxylation sites is 1. The van der Waals surface area contributed by atoms with Gasteiger partial charge in [-0.1, -0.05) is 66.7 Å². The van der Waals surface area contributed by atoms with Crippen LogP contribution in [0.1, 0.15) is 5.69 Å². The van der Waals surface area contributed by atoms with Crippen LogP contribution in [0.4, 0.5) is 0 Å². The van der Waals surface area contributed by atoms with Gasteiger partial charge in [-0.3, -0.25) is 0 Å². The second kappa shape index (κ2) is 6.53. The Labute approximate surface area is 168 Å². The monoisotopic (exact) mass is 399 g/mol. The molecule has 0 saturated heterocycles. The van der Waals surface area contributed by atoms with Crippen molar-refractivity contribution >= 4 is 32.1 Å². The zero-order valence-corrected chi connectivity index (χ0v) is 16.5. The van der Waals surface area contributed by atoms with Crippen LogP contribution >= 0.6 is 0 Å². The van der Waals surface area contributed by atoms with Gasteiger partial charge in [0.2, 0.25) is 0 Å². The Morgan fingerprint density at radius 1 is 0.759 bits per heavy atom. The maximum absolute atomic E-state index is 13.5. The van der Waals surface area contributed by atoms with Gasteiger partial charge >= 0.3 is 0 Å². The summed E-state index contributed by atoms with van der Waals surface area (Å²) in [4.78, 5) is 9.77. The molecule has 29 heavy (non-hydrogen) atoms. The number of hydrogen-bond acceptors (Lipinski definition) is 4. The van der Waals surface area contributed by atoms with E-state index in [2.05, 4.69) is 0 Å². The van der Waals surface area contributed by atoms with E-state index in [1.165, 1.54) is 3.97 Å². The van der Waals surface area contributed by atoms with Crippen LogP contribution in [0, 0.1) is 6.92 Å². The quantitative estimate of drug-likeness (QED) is 0.437. The van der Waals surface area contributed by atoms with Crippen molar-refractivity contribution in [2.45, 2.75) is 11.8 Å². The highest BCUT2D eigenvalue weighted by atomic mass is 32.2. The van der Waals surface area contributed by atoms with Crippen molar-refractivity contribution < 1.29 is 8.42 Å². The van der Waals surface area contributed by atoms with Crippen LogP contribution in [-0.4, -0.2) is 22.4 Å². The average Bonchev–Trinajstić information content (AvgIpc) is 3.08. The predicted octanol–water partition coefficient (Wildman–Crippen LogP) is 4.80. The molecule has 0 spiro atoms. The van der Waals surface area contributed by atoms with Crippen LogP contribution in [0.15, 0.2) is 89.8 Å². The SMILES string of the molecule is Cc1nc2c(nc1-c1ccccc1)c1ccccc1n2S(=O)(=O)c1ccccc1. The number of benzene rings is 3. The zero-order chi connectivity index (χ0) is 20.0. The molecule has 142 valence electrons. The third kappa shape index (κ3) is 2.72. The number of nitrogens with zero attached hydrogens (tertiary/aromatic N) is 3. The maximum atomic E-state index is 13.5. The van der Waals surface area contributed by atoms with Gasteiger partial charge in [-0.25, -0.2) is 22.4 Å². The molecule has 0 radical (unpaired) electrons. The number of aromatic nitrogens is 3. The third-order valence-electron chi connectivity index (χ3n) is 4.95. The number of aryl methyl sites for hydroxylation is 1. The summed E-state index contributed by atoms with van der Waals surface area (Å²) in [5.74, 6) is 0. The van der Waals surface area contributed by atoms with E-state index in [1.54, 1.807) is 36.4 Å². The standard InChI is InChI=1S/C23H17N3O2S/c1-16-21(17-10-4-2-5-11-17)25-22-19-14-8-9-15-20(19)26(23(22)24-16)29(27,28)18-12-6-3-7-13-18/h2-15H,1H3. The Kier molecular flexibility index (Phi) is 3.96. The van der Waals surface area contributed by atoms with Crippen LogP contribution in [0.2, 0.25) is 0 Å². The van der Waals surface area contributed by atoms with Crippen LogP contribution < -0.4 is 0 Å². The minimum atomic E-state index is -3.83. The van der Waals surface area contributed by atoms with Crippen LogP contribution in [-0.2, 0) is 10.0 Å². The van der Waals surface area contributed by atoms with E-state index in [9.17, 15) is 8.42 Å². The van der Waals surface area contributed by atoms with Crippen molar-refractivity contribution in [1.29, 1.82) is 0 Å². The highest BCUT2D eigenvalue weighted by Crippen LogP contribution is 2.32. The summed E-state index contributed by atoms with van der Waals surface area (Å²) in [5.41, 5.74) is 3.85. The summed E-state index contributed by atoms with van der Waals surface area (Å²) in [7, 11) is -3.83. The largest absolute Gasteiger partial charge is 0.269 e. The molecule has 0 amide bonds. The summed E-state index contributed by atoms with van der Waals surface area (Å²) in [6.45, 7) is 1.85. The first-order valence-corrected chi connectivity index (χ1v) is 10.7. The van der Waals surface area contributed by atoms with Gasteiger partial charge in [-0.05, 0) is 25.1 Å². The summed E-state index contributed by atoms with van der Waals surface area (Å²) < 4.78 is 28.3. The molecule has 0 bridgehead atoms. The first-order valence-electron chi connectivity index (χ1n) is 9.21. The lowest BCUT2D eigenvalue weighted by molar-refractivity contribution is 0.590. The van der Waals surface area contributed by atoms with E-state index in [0.717, 1.165) is 16.6 Å². The van der Waals surface area contributed by atoms with Gasteiger partial charge in [-0.2, -0.15) is 0 Å². The van der Waals surface area contributed by atoms with Gasteiger partial charge in [0.15, 0.2) is 5.65 Å². The Morgan fingerprint density at radius 2 is 1.38 bits per heavy atom. The first-order chi connectivity index (χ1) is 14.1. The number of hydrogen-bond donors (Lipinski definition) is 0. The van der Waals surface area contributed by atoms with Crippen molar-refractivity contribution in [3.05, 3.63) is 90.6 Å². The van der Waals surface area contributed by atoms with E-state index >= 15 is 0 Å². The van der Waals surface area contributed by atoms with E-state index in [1.807, 2.05) is 55.5 Å². The lowest BCUT2D eigenvalue weighted by Gasteiger charge is -2.10. The minimum Gasteiger partial charge on any atom is -0.242 e. The summed E-state index contributed by atoms with van der Waals surface area (Å²) in [6, 6.07) is 25.6. The fourth-order valence-corrected chi connectivity index (χ4v) is 5.09. The van der Waals surface area contributed by atoms with Gasteiger partial charge in [0, 0.05) is 10.9 Å². The summed E-state index contributed by atoms with van der Waals surface area (Å²) >= 11 is 0. The Hall–Kier alpha value is -3.51. The van der Waals surface area contributed by atoms with Crippen LogP contribution in [0.3, 0.4) is 0 Å². The molecule has 2 heterocycles. The molecular weight excluding hydrogens is 382 g/mol. The second-order valence-corrected chi connectivity index (χ2v) is 8.58. The van der Waals surface area contributed by atoms with Crippen molar-refractivity contribution in [2.75, 3.05) is 0 Å². The van der Waals surface area contributed by atoms with Crippen molar-refractivity contribution in [2.24, 2.45) is 0 Å². The van der Waals surface area contributed by atoms with E-state index in [0.29, 0.717) is 22.4 Å². The molecule has 0 aliphatic carbocycles. The molecule has 3 aromatic carbocycles. The van der Waals surface area contributed by atoms with Crippen molar-refractivity contribution in [3.8, 4) is 11.3 Å². The Morgan fingerprint density at radius 3 is 2.10 bits per heavy atom. The number of rotatable bonds is 3. The lowest BCUT2D eigenvalue weighted by atomic mass is 10.1. The average molecular weight is 399 g/mol. The van der Waals surface area contributed by atoms with Crippen LogP contribution in [0.25, 0.3) is 33.3 Å². The lowest BCUT2D eigenvalue weighted by Crippen LogP contribution is -2.13. The van der Waals surface area contributed by atoms with Gasteiger partial charge in [0.05, 0.1) is 21.8 Å².